The van der Waals surface area contributed by atoms with Gasteiger partial charge in [-0.2, -0.15) is 9.40 Å². The molecule has 7 nitrogen and oxygen atoms in total. The Balaban J connectivity index is 1.50. The summed E-state index contributed by atoms with van der Waals surface area (Å²) in [7, 11) is -3.70. The number of piperazine rings is 1. The van der Waals surface area contributed by atoms with Crippen LogP contribution in [0.3, 0.4) is 0 Å². The molecule has 168 valence electrons. The van der Waals surface area contributed by atoms with Crippen LogP contribution in [0.4, 0.5) is 0 Å². The summed E-state index contributed by atoms with van der Waals surface area (Å²) in [5.41, 5.74) is 3.77. The highest BCUT2D eigenvalue weighted by molar-refractivity contribution is 7.89. The van der Waals surface area contributed by atoms with Crippen LogP contribution in [-0.4, -0.2) is 59.5 Å². The van der Waals surface area contributed by atoms with Gasteiger partial charge in [0.2, 0.25) is 10.0 Å². The summed E-state index contributed by atoms with van der Waals surface area (Å²) in [5.74, 6) is -0.0526. The van der Waals surface area contributed by atoms with Gasteiger partial charge in [0, 0.05) is 31.7 Å². The molecule has 2 heterocycles. The van der Waals surface area contributed by atoms with Crippen LogP contribution in [0.25, 0.3) is 0 Å². The maximum Gasteiger partial charge on any atom is 0.254 e. The van der Waals surface area contributed by atoms with Crippen LogP contribution in [-0.2, 0) is 16.6 Å². The highest BCUT2D eigenvalue weighted by Crippen LogP contribution is 2.25. The van der Waals surface area contributed by atoms with Crippen molar-refractivity contribution in [2.45, 2.75) is 32.2 Å². The van der Waals surface area contributed by atoms with Gasteiger partial charge in [-0.05, 0) is 38.0 Å². The van der Waals surface area contributed by atoms with Crippen molar-refractivity contribution in [1.29, 1.82) is 0 Å². The molecule has 0 N–H and O–H groups in total. The standard InChI is InChI=1S/C24H28N4O3S/c1-18-9-7-8-12-22(18)24(29)26-13-15-27(16-14-26)32(30,31)23-19(2)25-28(20(23)3)17-21-10-5-4-6-11-21/h4-12H,13-17H2,1-3H3. The molecule has 0 bridgehead atoms. The molecule has 0 spiro atoms. The first-order valence-corrected chi connectivity index (χ1v) is 12.2. The first kappa shape index (κ1) is 22.2. The Morgan fingerprint density at radius 2 is 1.53 bits per heavy atom. The second kappa shape index (κ2) is 8.88. The molecule has 32 heavy (non-hydrogen) atoms. The van der Waals surface area contributed by atoms with E-state index in [1.165, 1.54) is 4.31 Å². The van der Waals surface area contributed by atoms with Gasteiger partial charge >= 0.3 is 0 Å². The summed E-state index contributed by atoms with van der Waals surface area (Å²) in [6.07, 6.45) is 0. The fraction of sp³-hybridized carbons (Fsp3) is 0.333. The molecule has 1 aromatic heterocycles. The van der Waals surface area contributed by atoms with Crippen molar-refractivity contribution in [2.24, 2.45) is 0 Å². The van der Waals surface area contributed by atoms with Gasteiger partial charge in [0.05, 0.1) is 17.9 Å². The van der Waals surface area contributed by atoms with E-state index < -0.39 is 10.0 Å². The summed E-state index contributed by atoms with van der Waals surface area (Å²) < 4.78 is 30.1. The molecular weight excluding hydrogens is 424 g/mol. The summed E-state index contributed by atoms with van der Waals surface area (Å²) in [4.78, 5) is 14.9. The lowest BCUT2D eigenvalue weighted by Crippen LogP contribution is -2.50. The summed E-state index contributed by atoms with van der Waals surface area (Å²) in [6, 6.07) is 17.3. The van der Waals surface area contributed by atoms with E-state index in [-0.39, 0.29) is 23.9 Å². The Bertz CT molecular complexity index is 1230. The number of nitrogens with zero attached hydrogens (tertiary/aromatic N) is 4. The number of rotatable bonds is 5. The highest BCUT2D eigenvalue weighted by atomic mass is 32.2. The SMILES string of the molecule is Cc1ccccc1C(=O)N1CCN(S(=O)(=O)c2c(C)nn(Cc3ccccc3)c2C)CC1. The van der Waals surface area contributed by atoms with E-state index >= 15 is 0 Å². The molecule has 0 radical (unpaired) electrons. The minimum absolute atomic E-state index is 0.0526. The van der Waals surface area contributed by atoms with Crippen molar-refractivity contribution in [3.8, 4) is 0 Å². The molecule has 8 heteroatoms. The van der Waals surface area contributed by atoms with E-state index in [2.05, 4.69) is 5.10 Å². The van der Waals surface area contributed by atoms with Crippen molar-refractivity contribution in [2.75, 3.05) is 26.2 Å². The Kier molecular flexibility index (Phi) is 6.17. The number of sulfonamides is 1. The van der Waals surface area contributed by atoms with Gasteiger partial charge in [-0.3, -0.25) is 9.48 Å². The maximum absolute atomic E-state index is 13.5. The minimum Gasteiger partial charge on any atom is -0.336 e. The molecule has 1 aliphatic rings. The molecule has 0 aliphatic carbocycles. The molecule has 2 aromatic carbocycles. The van der Waals surface area contributed by atoms with Crippen LogP contribution in [0, 0.1) is 20.8 Å². The quantitative estimate of drug-likeness (QED) is 0.596. The van der Waals surface area contributed by atoms with Gasteiger partial charge in [0.25, 0.3) is 5.91 Å². The first-order chi connectivity index (χ1) is 15.3. The Morgan fingerprint density at radius 3 is 2.19 bits per heavy atom. The average molecular weight is 453 g/mol. The molecule has 0 unspecified atom stereocenters. The normalized spacial score (nSPS) is 15.2. The number of carbonyl (C=O) groups is 1. The smallest absolute Gasteiger partial charge is 0.254 e. The molecule has 3 aromatic rings. The third-order valence-electron chi connectivity index (χ3n) is 5.99. The predicted molar refractivity (Wildman–Crippen MR) is 123 cm³/mol. The lowest BCUT2D eigenvalue weighted by Gasteiger charge is -2.34. The molecule has 0 saturated carbocycles. The summed E-state index contributed by atoms with van der Waals surface area (Å²) in [6.45, 7) is 7.22. The number of hydrogen-bond donors (Lipinski definition) is 0. The van der Waals surface area contributed by atoms with Gasteiger partial charge in [-0.15, -0.1) is 0 Å². The third-order valence-corrected chi connectivity index (χ3v) is 8.14. The topological polar surface area (TPSA) is 75.5 Å². The number of aryl methyl sites for hydroxylation is 2. The zero-order valence-corrected chi connectivity index (χ0v) is 19.5. The molecule has 1 aliphatic heterocycles. The molecule has 1 amide bonds. The van der Waals surface area contributed by atoms with Crippen LogP contribution in [0.1, 0.15) is 32.9 Å². The lowest BCUT2D eigenvalue weighted by atomic mass is 10.1. The summed E-state index contributed by atoms with van der Waals surface area (Å²) in [5, 5.41) is 4.51. The van der Waals surface area contributed by atoms with Gasteiger partial charge in [-0.1, -0.05) is 48.5 Å². The van der Waals surface area contributed by atoms with Crippen molar-refractivity contribution >= 4 is 15.9 Å². The second-order valence-electron chi connectivity index (χ2n) is 8.15. The van der Waals surface area contributed by atoms with Crippen molar-refractivity contribution in [1.82, 2.24) is 19.0 Å². The van der Waals surface area contributed by atoms with E-state index in [1.54, 1.807) is 23.4 Å². The van der Waals surface area contributed by atoms with Crippen LogP contribution in [0.15, 0.2) is 59.5 Å². The number of carbonyl (C=O) groups excluding carboxylic acids is 1. The van der Waals surface area contributed by atoms with Crippen LogP contribution in [0.2, 0.25) is 0 Å². The van der Waals surface area contributed by atoms with Crippen molar-refractivity contribution < 1.29 is 13.2 Å². The number of aromatic nitrogens is 2. The van der Waals surface area contributed by atoms with Crippen LogP contribution < -0.4 is 0 Å². The average Bonchev–Trinajstić information content (AvgIpc) is 3.07. The summed E-state index contributed by atoms with van der Waals surface area (Å²) >= 11 is 0. The fourth-order valence-electron chi connectivity index (χ4n) is 4.21. The van der Waals surface area contributed by atoms with E-state index in [0.717, 1.165) is 11.1 Å². The number of hydrogen-bond acceptors (Lipinski definition) is 4. The Morgan fingerprint density at radius 1 is 0.906 bits per heavy atom. The highest BCUT2D eigenvalue weighted by Gasteiger charge is 2.34. The van der Waals surface area contributed by atoms with E-state index in [4.69, 9.17) is 0 Å². The van der Waals surface area contributed by atoms with Gasteiger partial charge < -0.3 is 4.90 Å². The van der Waals surface area contributed by atoms with Gasteiger partial charge in [0.1, 0.15) is 4.90 Å². The molecule has 1 saturated heterocycles. The minimum atomic E-state index is -3.70. The zero-order valence-electron chi connectivity index (χ0n) is 18.7. The third kappa shape index (κ3) is 4.20. The molecular formula is C24H28N4O3S. The molecule has 0 atom stereocenters. The van der Waals surface area contributed by atoms with E-state index in [0.29, 0.717) is 36.6 Å². The predicted octanol–water partition coefficient (Wildman–Crippen LogP) is 3.00. The first-order valence-electron chi connectivity index (χ1n) is 10.7. The van der Waals surface area contributed by atoms with Gasteiger partial charge in [0.15, 0.2) is 0 Å². The largest absolute Gasteiger partial charge is 0.336 e. The number of amides is 1. The monoisotopic (exact) mass is 452 g/mol. The number of benzene rings is 2. The maximum atomic E-state index is 13.5. The lowest BCUT2D eigenvalue weighted by molar-refractivity contribution is 0.0697. The van der Waals surface area contributed by atoms with Crippen LogP contribution in [0.5, 0.6) is 0 Å². The zero-order chi connectivity index (χ0) is 22.9. The van der Waals surface area contributed by atoms with E-state index in [9.17, 15) is 13.2 Å². The molecule has 4 rings (SSSR count). The van der Waals surface area contributed by atoms with Crippen LogP contribution >= 0.6 is 0 Å². The second-order valence-corrected chi connectivity index (χ2v) is 10.0. The van der Waals surface area contributed by atoms with Crippen molar-refractivity contribution in [3.63, 3.8) is 0 Å². The Hall–Kier alpha value is -2.97. The van der Waals surface area contributed by atoms with Gasteiger partial charge in [-0.25, -0.2) is 8.42 Å². The molecule has 1 fully saturated rings. The fourth-order valence-corrected chi connectivity index (χ4v) is 6.00. The van der Waals surface area contributed by atoms with E-state index in [1.807, 2.05) is 61.5 Å². The Labute approximate surface area is 189 Å². The van der Waals surface area contributed by atoms with Crippen molar-refractivity contribution in [3.05, 3.63) is 82.7 Å².